The summed E-state index contributed by atoms with van der Waals surface area (Å²) in [5, 5.41) is 0. The van der Waals surface area contributed by atoms with Gasteiger partial charge in [0.05, 0.1) is 23.2 Å². The number of hydrogen-bond donors (Lipinski definition) is 2. The zero-order valence-corrected chi connectivity index (χ0v) is 18.2. The number of hydrogen-bond acceptors (Lipinski definition) is 4. The number of H-pyrrole nitrogens is 1. The molecular formula is C22H27F5N4O2. The van der Waals surface area contributed by atoms with E-state index in [0.29, 0.717) is 19.3 Å². The Kier molecular flexibility index (Phi) is 5.35. The molecule has 3 aliphatic carbocycles. The minimum absolute atomic E-state index is 0.0482. The number of nitrogens with two attached hydrogens (primary N) is 1. The van der Waals surface area contributed by atoms with E-state index in [1.165, 1.54) is 4.57 Å². The first-order valence-electron chi connectivity index (χ1n) is 11.5. The number of fused-ring (bicyclic) bond motifs is 2. The van der Waals surface area contributed by atoms with Crippen LogP contribution < -0.4 is 17.0 Å². The molecule has 0 radical (unpaired) electrons. The van der Waals surface area contributed by atoms with Gasteiger partial charge in [0.2, 0.25) is 0 Å². The average Bonchev–Trinajstić information content (AvgIpc) is 3.49. The molecule has 11 heteroatoms. The zero-order chi connectivity index (χ0) is 23.8. The molecule has 2 saturated carbocycles. The number of aromatic amines is 1. The van der Waals surface area contributed by atoms with Crippen LogP contribution in [0.15, 0.2) is 15.4 Å². The molecule has 5 rings (SSSR count). The molecule has 1 saturated heterocycles. The first-order chi connectivity index (χ1) is 15.5. The number of nitrogens with zero attached hydrogens (tertiary/aromatic N) is 2. The third kappa shape index (κ3) is 3.50. The molecule has 1 aliphatic heterocycles. The van der Waals surface area contributed by atoms with Crippen molar-refractivity contribution in [3.8, 4) is 0 Å². The summed E-state index contributed by atoms with van der Waals surface area (Å²) < 4.78 is 74.1. The summed E-state index contributed by atoms with van der Waals surface area (Å²) in [5.41, 5.74) is 2.82. The summed E-state index contributed by atoms with van der Waals surface area (Å²) >= 11 is 0. The van der Waals surface area contributed by atoms with Crippen LogP contribution in [-0.4, -0.2) is 52.0 Å². The number of nitrogens with one attached hydrogen (secondary N) is 1. The molecule has 5 atom stereocenters. The Bertz CT molecular complexity index is 1110. The van der Waals surface area contributed by atoms with Gasteiger partial charge in [-0.3, -0.25) is 19.2 Å². The smallest absolute Gasteiger partial charge is 0.322 e. The fourth-order valence-electron chi connectivity index (χ4n) is 6.26. The lowest BCUT2D eigenvalue weighted by molar-refractivity contribution is -0.0457. The van der Waals surface area contributed by atoms with Crippen LogP contribution in [0.4, 0.5) is 22.0 Å². The Morgan fingerprint density at radius 1 is 1.15 bits per heavy atom. The van der Waals surface area contributed by atoms with Crippen molar-refractivity contribution in [2.45, 2.75) is 75.4 Å². The number of rotatable bonds is 3. The van der Waals surface area contributed by atoms with Crippen molar-refractivity contribution < 1.29 is 22.0 Å². The van der Waals surface area contributed by atoms with Crippen molar-refractivity contribution in [2.24, 2.45) is 17.6 Å². The second-order valence-corrected chi connectivity index (χ2v) is 9.97. The van der Waals surface area contributed by atoms with Gasteiger partial charge in [-0.1, -0.05) is 6.92 Å². The van der Waals surface area contributed by atoms with Gasteiger partial charge in [-0.25, -0.2) is 26.7 Å². The fourth-order valence-corrected chi connectivity index (χ4v) is 6.26. The van der Waals surface area contributed by atoms with E-state index in [2.05, 4.69) is 4.98 Å². The minimum atomic E-state index is -3.27. The molecule has 1 aromatic heterocycles. The predicted molar refractivity (Wildman–Crippen MR) is 111 cm³/mol. The number of alkyl halides is 4. The highest BCUT2D eigenvalue weighted by Crippen LogP contribution is 2.48. The molecule has 3 fully saturated rings. The van der Waals surface area contributed by atoms with Gasteiger partial charge in [-0.2, -0.15) is 0 Å². The van der Waals surface area contributed by atoms with Crippen LogP contribution in [0.2, 0.25) is 0 Å². The maximum atomic E-state index is 15.7. The Morgan fingerprint density at radius 2 is 1.85 bits per heavy atom. The summed E-state index contributed by atoms with van der Waals surface area (Å²) in [7, 11) is 0. The second kappa shape index (κ2) is 7.76. The third-order valence-corrected chi connectivity index (χ3v) is 7.95. The maximum Gasteiger partial charge on any atom is 0.328 e. The SMILES string of the molecule is CC1c2c(c(=O)[nH]c(=O)n2C2CC2)C(C(F)F)=C(F)C1N1CC2CCCC(F)(F)C(N)C2C1. The van der Waals surface area contributed by atoms with Gasteiger partial charge in [-0.05, 0) is 37.5 Å². The molecule has 2 heterocycles. The molecule has 1 aromatic rings. The van der Waals surface area contributed by atoms with Crippen LogP contribution in [-0.2, 0) is 0 Å². The monoisotopic (exact) mass is 474 g/mol. The number of halogens is 5. The molecule has 0 bridgehead atoms. The third-order valence-electron chi connectivity index (χ3n) is 7.95. The van der Waals surface area contributed by atoms with E-state index >= 15 is 4.39 Å². The molecule has 0 spiro atoms. The van der Waals surface area contributed by atoms with Crippen molar-refractivity contribution in [3.63, 3.8) is 0 Å². The van der Waals surface area contributed by atoms with E-state index in [0.717, 1.165) is 0 Å². The molecular weight excluding hydrogens is 447 g/mol. The molecule has 182 valence electrons. The van der Waals surface area contributed by atoms with E-state index in [4.69, 9.17) is 5.73 Å². The van der Waals surface area contributed by atoms with Gasteiger partial charge >= 0.3 is 5.69 Å². The molecule has 33 heavy (non-hydrogen) atoms. The van der Waals surface area contributed by atoms with E-state index in [1.54, 1.807) is 11.8 Å². The van der Waals surface area contributed by atoms with Gasteiger partial charge in [0.1, 0.15) is 5.83 Å². The van der Waals surface area contributed by atoms with Crippen molar-refractivity contribution >= 4 is 5.57 Å². The van der Waals surface area contributed by atoms with Crippen LogP contribution >= 0.6 is 0 Å². The molecule has 0 aromatic carbocycles. The van der Waals surface area contributed by atoms with Gasteiger partial charge in [-0.15, -0.1) is 0 Å². The van der Waals surface area contributed by atoms with Crippen molar-refractivity contribution in [1.29, 1.82) is 0 Å². The topological polar surface area (TPSA) is 84.1 Å². The van der Waals surface area contributed by atoms with Crippen molar-refractivity contribution in [2.75, 3.05) is 13.1 Å². The Morgan fingerprint density at radius 3 is 2.48 bits per heavy atom. The molecule has 6 nitrogen and oxygen atoms in total. The first kappa shape index (κ1) is 22.8. The van der Waals surface area contributed by atoms with Crippen LogP contribution in [0.5, 0.6) is 0 Å². The highest BCUT2D eigenvalue weighted by molar-refractivity contribution is 5.74. The van der Waals surface area contributed by atoms with Crippen LogP contribution in [0, 0.1) is 11.8 Å². The van der Waals surface area contributed by atoms with E-state index in [-0.39, 0.29) is 43.6 Å². The number of aromatic nitrogens is 2. The van der Waals surface area contributed by atoms with E-state index in [9.17, 15) is 27.2 Å². The predicted octanol–water partition coefficient (Wildman–Crippen LogP) is 3.00. The van der Waals surface area contributed by atoms with Gasteiger partial charge in [0.25, 0.3) is 17.9 Å². The summed E-state index contributed by atoms with van der Waals surface area (Å²) in [6.45, 7) is 1.90. The quantitative estimate of drug-likeness (QED) is 0.660. The minimum Gasteiger partial charge on any atom is -0.322 e. The van der Waals surface area contributed by atoms with Crippen LogP contribution in [0.3, 0.4) is 0 Å². The largest absolute Gasteiger partial charge is 0.328 e. The highest BCUT2D eigenvalue weighted by Gasteiger charge is 2.53. The standard InChI is InChI=1S/C22H27F5N4O2/c1-9-16-14(20(32)29-21(33)31(16)11-4-5-11)13(19(24)25)15(23)17(9)30-7-10-3-2-6-22(26,27)18(28)12(10)8-30/h9-12,17-19H,2-8,28H2,1H3,(H,29,32,33). The highest BCUT2D eigenvalue weighted by atomic mass is 19.3. The summed E-state index contributed by atoms with van der Waals surface area (Å²) in [5.74, 6) is -5.76. The summed E-state index contributed by atoms with van der Waals surface area (Å²) in [4.78, 5) is 28.8. The van der Waals surface area contributed by atoms with Gasteiger partial charge in [0.15, 0.2) is 0 Å². The maximum absolute atomic E-state index is 15.7. The lowest BCUT2D eigenvalue weighted by atomic mass is 9.82. The Balaban J connectivity index is 1.61. The Labute approximate surface area is 186 Å². The van der Waals surface area contributed by atoms with Crippen molar-refractivity contribution in [3.05, 3.63) is 37.9 Å². The van der Waals surface area contributed by atoms with E-state index in [1.807, 2.05) is 0 Å². The number of likely N-dealkylation sites (tertiary alicyclic amines) is 1. The molecule has 4 aliphatic rings. The zero-order valence-electron chi connectivity index (χ0n) is 18.2. The second-order valence-electron chi connectivity index (χ2n) is 9.97. The Hall–Kier alpha value is -2.01. The first-order valence-corrected chi connectivity index (χ1v) is 11.5. The summed E-state index contributed by atoms with van der Waals surface area (Å²) in [6, 6.07) is -2.81. The lowest BCUT2D eigenvalue weighted by Gasteiger charge is -2.38. The molecule has 0 amide bonds. The molecule has 5 unspecified atom stereocenters. The van der Waals surface area contributed by atoms with E-state index < -0.39 is 64.5 Å². The van der Waals surface area contributed by atoms with Gasteiger partial charge < -0.3 is 5.73 Å². The lowest BCUT2D eigenvalue weighted by Crippen LogP contribution is -2.49. The summed E-state index contributed by atoms with van der Waals surface area (Å²) in [6.07, 6.45) is -1.47. The molecule has 3 N–H and O–H groups in total. The van der Waals surface area contributed by atoms with Crippen LogP contribution in [0.1, 0.15) is 62.2 Å². The number of allylic oxidation sites excluding steroid dienone is 1. The van der Waals surface area contributed by atoms with Gasteiger partial charge in [0, 0.05) is 37.2 Å². The van der Waals surface area contributed by atoms with Crippen molar-refractivity contribution in [1.82, 2.24) is 14.5 Å². The normalized spacial score (nSPS) is 34.4. The average molecular weight is 474 g/mol. The fraction of sp³-hybridized carbons (Fsp3) is 0.727. The van der Waals surface area contributed by atoms with Crippen LogP contribution in [0.25, 0.3) is 5.57 Å².